The first kappa shape index (κ1) is 28.2. The molecule has 7 N–H and O–H groups in total. The van der Waals surface area contributed by atoms with Crippen LogP contribution in [0.15, 0.2) is 24.3 Å². The van der Waals surface area contributed by atoms with E-state index in [2.05, 4.69) is 16.0 Å². The molecule has 1 rings (SSSR count). The van der Waals surface area contributed by atoms with Crippen LogP contribution in [0.4, 0.5) is 0 Å². The van der Waals surface area contributed by atoms with Crippen molar-refractivity contribution < 1.29 is 29.4 Å². The van der Waals surface area contributed by atoms with Crippen LogP contribution in [0.5, 0.6) is 5.75 Å². The fraction of sp³-hybridized carbons (Fsp3) is 0.545. The summed E-state index contributed by atoms with van der Waals surface area (Å²) in [6.45, 7) is 3.29. The summed E-state index contributed by atoms with van der Waals surface area (Å²) in [4.78, 5) is 48.8. The molecular formula is C22H34N4O6S. The van der Waals surface area contributed by atoms with Crippen LogP contribution in [0.2, 0.25) is 0 Å². The van der Waals surface area contributed by atoms with E-state index in [-0.39, 0.29) is 24.5 Å². The lowest BCUT2D eigenvalue weighted by Gasteiger charge is -2.23. The van der Waals surface area contributed by atoms with Crippen molar-refractivity contribution in [3.05, 3.63) is 29.8 Å². The van der Waals surface area contributed by atoms with Crippen molar-refractivity contribution in [3.8, 4) is 5.75 Å². The normalized spacial score (nSPS) is 14.4. The Bertz CT molecular complexity index is 805. The smallest absolute Gasteiger partial charge is 0.326 e. The van der Waals surface area contributed by atoms with Crippen LogP contribution >= 0.6 is 11.8 Å². The van der Waals surface area contributed by atoms with Crippen LogP contribution in [0.25, 0.3) is 0 Å². The number of aromatic hydroxyl groups is 1. The number of hydrogen-bond acceptors (Lipinski definition) is 7. The van der Waals surface area contributed by atoms with Crippen molar-refractivity contribution >= 4 is 35.5 Å². The van der Waals surface area contributed by atoms with Gasteiger partial charge >= 0.3 is 5.97 Å². The van der Waals surface area contributed by atoms with Gasteiger partial charge in [0.1, 0.15) is 17.8 Å². The molecule has 11 heteroatoms. The number of carbonyl (C=O) groups excluding carboxylic acids is 3. The molecule has 1 aromatic carbocycles. The largest absolute Gasteiger partial charge is 0.508 e. The van der Waals surface area contributed by atoms with E-state index in [1.807, 2.05) is 20.1 Å². The Hall–Kier alpha value is -2.79. The number of nitrogens with two attached hydrogens (primary N) is 1. The summed E-state index contributed by atoms with van der Waals surface area (Å²) in [6, 6.07) is 3.29. The second-order valence-corrected chi connectivity index (χ2v) is 8.79. The Morgan fingerprint density at radius 2 is 1.70 bits per heavy atom. The minimum atomic E-state index is -1.15. The predicted molar refractivity (Wildman–Crippen MR) is 127 cm³/mol. The van der Waals surface area contributed by atoms with E-state index in [9.17, 15) is 29.4 Å². The number of aliphatic carboxylic acids is 1. The molecule has 0 bridgehead atoms. The van der Waals surface area contributed by atoms with Gasteiger partial charge < -0.3 is 31.9 Å². The first-order valence-corrected chi connectivity index (χ1v) is 12.1. The maximum atomic E-state index is 12.8. The van der Waals surface area contributed by atoms with Crippen LogP contribution < -0.4 is 21.7 Å². The van der Waals surface area contributed by atoms with Crippen molar-refractivity contribution in [2.75, 3.05) is 18.6 Å². The third-order valence-electron chi connectivity index (χ3n) is 5.24. The number of carbonyl (C=O) groups is 4. The number of phenolic OH excluding ortho intramolecular Hbond substituents is 1. The molecule has 1 aromatic rings. The molecule has 0 radical (unpaired) electrons. The number of hydrogen-bond donors (Lipinski definition) is 6. The zero-order valence-electron chi connectivity index (χ0n) is 19.2. The quantitative estimate of drug-likeness (QED) is 0.219. The van der Waals surface area contributed by atoms with Crippen molar-refractivity contribution in [1.29, 1.82) is 0 Å². The van der Waals surface area contributed by atoms with Crippen LogP contribution in [-0.4, -0.2) is 70.6 Å². The zero-order chi connectivity index (χ0) is 25.0. The molecule has 0 fully saturated rings. The van der Waals surface area contributed by atoms with Gasteiger partial charge in [0.15, 0.2) is 0 Å². The predicted octanol–water partition coefficient (Wildman–Crippen LogP) is 0.232. The molecular weight excluding hydrogens is 448 g/mol. The SMILES string of the molecule is CCC(C)C(N)C(=O)NC(Cc1ccc(O)cc1)C(=O)NCC(=O)NC(CCSC)C(=O)O. The van der Waals surface area contributed by atoms with E-state index in [1.165, 1.54) is 23.9 Å². The summed E-state index contributed by atoms with van der Waals surface area (Å²) < 4.78 is 0. The molecule has 33 heavy (non-hydrogen) atoms. The van der Waals surface area contributed by atoms with Gasteiger partial charge in [-0.3, -0.25) is 14.4 Å². The van der Waals surface area contributed by atoms with Crippen molar-refractivity contribution in [2.24, 2.45) is 11.7 Å². The third kappa shape index (κ3) is 10.1. The van der Waals surface area contributed by atoms with Gasteiger partial charge in [0.25, 0.3) is 0 Å². The summed E-state index contributed by atoms with van der Waals surface area (Å²) in [6.07, 6.45) is 2.88. The van der Waals surface area contributed by atoms with Crippen molar-refractivity contribution in [3.63, 3.8) is 0 Å². The highest BCUT2D eigenvalue weighted by atomic mass is 32.2. The molecule has 0 aromatic heterocycles. The fourth-order valence-electron chi connectivity index (χ4n) is 2.89. The van der Waals surface area contributed by atoms with Crippen LogP contribution in [0.3, 0.4) is 0 Å². The maximum Gasteiger partial charge on any atom is 0.326 e. The van der Waals surface area contributed by atoms with Gasteiger partial charge in [0, 0.05) is 6.42 Å². The van der Waals surface area contributed by atoms with E-state index < -0.39 is 48.4 Å². The van der Waals surface area contributed by atoms with Crippen LogP contribution in [-0.2, 0) is 25.6 Å². The number of carboxylic acid groups (broad SMARTS) is 1. The number of nitrogens with one attached hydrogen (secondary N) is 3. The maximum absolute atomic E-state index is 12.8. The molecule has 0 aliphatic carbocycles. The second kappa shape index (κ2) is 14.4. The summed E-state index contributed by atoms with van der Waals surface area (Å²) in [5.74, 6) is -2.38. The molecule has 4 atom stereocenters. The molecule has 0 aliphatic rings. The van der Waals surface area contributed by atoms with Crippen LogP contribution in [0.1, 0.15) is 32.3 Å². The monoisotopic (exact) mass is 482 g/mol. The molecule has 0 heterocycles. The van der Waals surface area contributed by atoms with Gasteiger partial charge in [-0.1, -0.05) is 32.4 Å². The number of benzene rings is 1. The molecule has 0 saturated heterocycles. The van der Waals surface area contributed by atoms with E-state index in [1.54, 1.807) is 12.1 Å². The lowest BCUT2D eigenvalue weighted by molar-refractivity contribution is -0.141. The summed E-state index contributed by atoms with van der Waals surface area (Å²) in [5, 5.41) is 26.2. The molecule has 0 saturated carbocycles. The van der Waals surface area contributed by atoms with Crippen molar-refractivity contribution in [2.45, 2.75) is 51.2 Å². The Morgan fingerprint density at radius 1 is 1.06 bits per heavy atom. The van der Waals surface area contributed by atoms with Gasteiger partial charge in [-0.15, -0.1) is 0 Å². The average molecular weight is 483 g/mol. The molecule has 184 valence electrons. The number of thioether (sulfide) groups is 1. The van der Waals surface area contributed by atoms with E-state index in [0.717, 1.165) is 0 Å². The Kier molecular flexibility index (Phi) is 12.3. The number of phenols is 1. The molecule has 0 spiro atoms. The lowest BCUT2D eigenvalue weighted by atomic mass is 9.98. The van der Waals surface area contributed by atoms with Crippen LogP contribution in [0, 0.1) is 5.92 Å². The molecule has 4 unspecified atom stereocenters. The minimum Gasteiger partial charge on any atom is -0.508 e. The Morgan fingerprint density at radius 3 is 2.24 bits per heavy atom. The highest BCUT2D eigenvalue weighted by Crippen LogP contribution is 2.12. The second-order valence-electron chi connectivity index (χ2n) is 7.80. The van der Waals surface area contributed by atoms with E-state index >= 15 is 0 Å². The molecule has 0 aliphatic heterocycles. The lowest BCUT2D eigenvalue weighted by Crippen LogP contribution is -2.55. The van der Waals surface area contributed by atoms with Crippen molar-refractivity contribution in [1.82, 2.24) is 16.0 Å². The fourth-order valence-corrected chi connectivity index (χ4v) is 3.36. The third-order valence-corrected chi connectivity index (χ3v) is 5.88. The minimum absolute atomic E-state index is 0.0636. The molecule has 3 amide bonds. The van der Waals surface area contributed by atoms with E-state index in [4.69, 9.17) is 5.73 Å². The van der Waals surface area contributed by atoms with Gasteiger partial charge in [-0.05, 0) is 42.0 Å². The van der Waals surface area contributed by atoms with E-state index in [0.29, 0.717) is 17.7 Å². The van der Waals surface area contributed by atoms with Gasteiger partial charge in [0.2, 0.25) is 17.7 Å². The Labute approximate surface area is 198 Å². The number of rotatable bonds is 14. The highest BCUT2D eigenvalue weighted by molar-refractivity contribution is 7.98. The van der Waals surface area contributed by atoms with Gasteiger partial charge in [-0.2, -0.15) is 11.8 Å². The zero-order valence-corrected chi connectivity index (χ0v) is 20.0. The summed E-state index contributed by atoms with van der Waals surface area (Å²) >= 11 is 1.46. The van der Waals surface area contributed by atoms with Gasteiger partial charge in [0.05, 0.1) is 12.6 Å². The van der Waals surface area contributed by atoms with Gasteiger partial charge in [-0.25, -0.2) is 4.79 Å². The highest BCUT2D eigenvalue weighted by Gasteiger charge is 2.27. The first-order chi connectivity index (χ1) is 15.6. The Balaban J connectivity index is 2.83. The summed E-state index contributed by atoms with van der Waals surface area (Å²) in [7, 11) is 0. The number of carboxylic acids is 1. The standard InChI is InChI=1S/C22H34N4O6S/c1-4-13(2)19(23)21(30)26-17(11-14-5-7-15(27)8-6-14)20(29)24-12-18(28)25-16(22(31)32)9-10-33-3/h5-8,13,16-17,19,27H,4,9-12,23H2,1-3H3,(H,24,29)(H,25,28)(H,26,30)(H,31,32). The first-order valence-electron chi connectivity index (χ1n) is 10.7. The topological polar surface area (TPSA) is 171 Å². The number of amides is 3. The average Bonchev–Trinajstić information content (AvgIpc) is 2.79. The molecule has 10 nitrogen and oxygen atoms in total. The summed E-state index contributed by atoms with van der Waals surface area (Å²) in [5.41, 5.74) is 6.66.